The van der Waals surface area contributed by atoms with E-state index < -0.39 is 0 Å². The van der Waals surface area contributed by atoms with Gasteiger partial charge in [-0.2, -0.15) is 0 Å². The van der Waals surface area contributed by atoms with Crippen LogP contribution in [-0.4, -0.2) is 34.3 Å². The number of aromatic nitrogens is 2. The van der Waals surface area contributed by atoms with Gasteiger partial charge in [0.1, 0.15) is 17.5 Å². The molecule has 0 aliphatic heterocycles. The summed E-state index contributed by atoms with van der Waals surface area (Å²) >= 11 is 0. The highest BCUT2D eigenvalue weighted by Gasteiger charge is 2.19. The molecule has 1 aromatic heterocycles. The molecule has 21 heavy (non-hydrogen) atoms. The molecule has 3 N–H and O–H groups in total. The standard InChI is InChI=1S/C16H30N4O/c1-6-8-12(21)11-18-14-10-13(17-9-7-2)19-15(20-14)16(3,4)5/h10,12,21H,6-9,11H2,1-5H3,(H2,17,18,19,20). The number of nitrogens with one attached hydrogen (secondary N) is 2. The first-order chi connectivity index (χ1) is 9.86. The molecule has 0 saturated carbocycles. The van der Waals surface area contributed by atoms with E-state index in [2.05, 4.69) is 55.2 Å². The Labute approximate surface area is 128 Å². The second kappa shape index (κ2) is 8.17. The molecule has 1 rings (SSSR count). The van der Waals surface area contributed by atoms with Crippen LogP contribution < -0.4 is 10.6 Å². The predicted octanol–water partition coefficient (Wildman–Crippen LogP) is 3.17. The van der Waals surface area contributed by atoms with Crippen LogP contribution in [0.5, 0.6) is 0 Å². The van der Waals surface area contributed by atoms with Gasteiger partial charge < -0.3 is 15.7 Å². The molecule has 120 valence electrons. The first-order valence-corrected chi connectivity index (χ1v) is 7.92. The van der Waals surface area contributed by atoms with Gasteiger partial charge in [0, 0.05) is 24.6 Å². The lowest BCUT2D eigenvalue weighted by molar-refractivity contribution is 0.176. The molecule has 0 radical (unpaired) electrons. The van der Waals surface area contributed by atoms with Crippen molar-refractivity contribution in [1.29, 1.82) is 0 Å². The fourth-order valence-electron chi connectivity index (χ4n) is 1.87. The monoisotopic (exact) mass is 294 g/mol. The van der Waals surface area contributed by atoms with Gasteiger partial charge in [-0.25, -0.2) is 9.97 Å². The topological polar surface area (TPSA) is 70.1 Å². The number of hydrogen-bond donors (Lipinski definition) is 3. The Balaban J connectivity index is 2.85. The zero-order valence-electron chi connectivity index (χ0n) is 14.0. The smallest absolute Gasteiger partial charge is 0.138 e. The molecule has 1 heterocycles. The minimum absolute atomic E-state index is 0.109. The summed E-state index contributed by atoms with van der Waals surface area (Å²) in [5.74, 6) is 2.41. The molecule has 0 aliphatic carbocycles. The largest absolute Gasteiger partial charge is 0.391 e. The average Bonchev–Trinajstić information content (AvgIpc) is 2.42. The lowest BCUT2D eigenvalue weighted by Gasteiger charge is -2.20. The lowest BCUT2D eigenvalue weighted by Crippen LogP contribution is -2.22. The molecule has 1 unspecified atom stereocenters. The van der Waals surface area contributed by atoms with Gasteiger partial charge in [0.2, 0.25) is 0 Å². The summed E-state index contributed by atoms with van der Waals surface area (Å²) < 4.78 is 0. The Bertz CT molecular complexity index is 429. The van der Waals surface area contributed by atoms with Crippen molar-refractivity contribution in [2.45, 2.75) is 65.4 Å². The molecular formula is C16H30N4O. The summed E-state index contributed by atoms with van der Waals surface area (Å²) in [6.07, 6.45) is 2.48. The van der Waals surface area contributed by atoms with Gasteiger partial charge in [-0.05, 0) is 12.8 Å². The van der Waals surface area contributed by atoms with Crippen LogP contribution in [0.1, 0.15) is 59.7 Å². The van der Waals surface area contributed by atoms with E-state index in [-0.39, 0.29) is 11.5 Å². The summed E-state index contributed by atoms with van der Waals surface area (Å²) in [5.41, 5.74) is -0.109. The molecule has 1 atom stereocenters. The van der Waals surface area contributed by atoms with Crippen LogP contribution in [0.25, 0.3) is 0 Å². The van der Waals surface area contributed by atoms with E-state index in [0.29, 0.717) is 6.54 Å². The summed E-state index contributed by atoms with van der Waals surface area (Å²) in [5, 5.41) is 16.4. The van der Waals surface area contributed by atoms with Gasteiger partial charge in [-0.15, -0.1) is 0 Å². The fraction of sp³-hybridized carbons (Fsp3) is 0.750. The molecule has 0 bridgehead atoms. The quantitative estimate of drug-likeness (QED) is 0.687. The minimum Gasteiger partial charge on any atom is -0.391 e. The van der Waals surface area contributed by atoms with Crippen LogP contribution in [0.3, 0.4) is 0 Å². The SMILES string of the molecule is CCCNc1cc(NCC(O)CCC)nc(C(C)(C)C)n1. The van der Waals surface area contributed by atoms with Gasteiger partial charge in [-0.3, -0.25) is 0 Å². The number of aliphatic hydroxyl groups excluding tert-OH is 1. The third-order valence-electron chi connectivity index (χ3n) is 3.09. The Kier molecular flexibility index (Phi) is 6.89. The molecule has 0 aromatic carbocycles. The Morgan fingerprint density at radius 3 is 2.24 bits per heavy atom. The Morgan fingerprint density at radius 2 is 1.71 bits per heavy atom. The fourth-order valence-corrected chi connectivity index (χ4v) is 1.87. The molecule has 0 saturated heterocycles. The van der Waals surface area contributed by atoms with E-state index in [0.717, 1.165) is 43.3 Å². The van der Waals surface area contributed by atoms with E-state index in [4.69, 9.17) is 0 Å². The predicted molar refractivity (Wildman–Crippen MR) is 88.9 cm³/mol. The number of hydrogen-bond acceptors (Lipinski definition) is 5. The third-order valence-corrected chi connectivity index (χ3v) is 3.09. The number of anilines is 2. The molecule has 1 aromatic rings. The van der Waals surface area contributed by atoms with Gasteiger partial charge in [0.05, 0.1) is 6.10 Å². The summed E-state index contributed by atoms with van der Waals surface area (Å²) in [6.45, 7) is 11.9. The van der Waals surface area contributed by atoms with Crippen LogP contribution in [0, 0.1) is 0 Å². The number of rotatable bonds is 8. The van der Waals surface area contributed by atoms with Crippen LogP contribution >= 0.6 is 0 Å². The third kappa shape index (κ3) is 6.29. The molecule has 0 spiro atoms. The molecule has 0 amide bonds. The molecule has 0 fully saturated rings. The Morgan fingerprint density at radius 1 is 1.10 bits per heavy atom. The van der Waals surface area contributed by atoms with Crippen molar-refractivity contribution in [3.05, 3.63) is 11.9 Å². The number of nitrogens with zero attached hydrogens (tertiary/aromatic N) is 2. The molecular weight excluding hydrogens is 264 g/mol. The summed E-state index contributed by atoms with van der Waals surface area (Å²) in [4.78, 5) is 9.15. The maximum Gasteiger partial charge on any atom is 0.138 e. The van der Waals surface area contributed by atoms with Gasteiger partial charge >= 0.3 is 0 Å². The van der Waals surface area contributed by atoms with Gasteiger partial charge in [0.25, 0.3) is 0 Å². The second-order valence-corrected chi connectivity index (χ2v) is 6.46. The van der Waals surface area contributed by atoms with Crippen LogP contribution in [-0.2, 0) is 5.41 Å². The van der Waals surface area contributed by atoms with Crippen LogP contribution in [0.2, 0.25) is 0 Å². The van der Waals surface area contributed by atoms with E-state index in [1.165, 1.54) is 0 Å². The van der Waals surface area contributed by atoms with Gasteiger partial charge in [-0.1, -0.05) is 41.0 Å². The maximum absolute atomic E-state index is 9.83. The number of aliphatic hydroxyl groups is 1. The second-order valence-electron chi connectivity index (χ2n) is 6.46. The van der Waals surface area contributed by atoms with Crippen molar-refractivity contribution in [3.8, 4) is 0 Å². The van der Waals surface area contributed by atoms with E-state index >= 15 is 0 Å². The van der Waals surface area contributed by atoms with Crippen molar-refractivity contribution >= 4 is 11.6 Å². The van der Waals surface area contributed by atoms with Crippen molar-refractivity contribution in [2.24, 2.45) is 0 Å². The average molecular weight is 294 g/mol. The Hall–Kier alpha value is -1.36. The molecule has 0 aliphatic rings. The molecule has 5 heteroatoms. The maximum atomic E-state index is 9.83. The lowest BCUT2D eigenvalue weighted by atomic mass is 9.96. The van der Waals surface area contributed by atoms with Crippen molar-refractivity contribution in [1.82, 2.24) is 9.97 Å². The van der Waals surface area contributed by atoms with Crippen LogP contribution in [0.15, 0.2) is 6.07 Å². The van der Waals surface area contributed by atoms with Crippen molar-refractivity contribution in [2.75, 3.05) is 23.7 Å². The van der Waals surface area contributed by atoms with Crippen LogP contribution in [0.4, 0.5) is 11.6 Å². The van der Waals surface area contributed by atoms with E-state index in [1.54, 1.807) is 0 Å². The highest BCUT2D eigenvalue weighted by molar-refractivity contribution is 5.48. The zero-order chi connectivity index (χ0) is 15.9. The van der Waals surface area contributed by atoms with E-state index in [9.17, 15) is 5.11 Å². The highest BCUT2D eigenvalue weighted by Crippen LogP contribution is 2.22. The summed E-state index contributed by atoms with van der Waals surface area (Å²) in [6, 6.07) is 1.91. The normalized spacial score (nSPS) is 13.0. The highest BCUT2D eigenvalue weighted by atomic mass is 16.3. The van der Waals surface area contributed by atoms with Gasteiger partial charge in [0.15, 0.2) is 0 Å². The first-order valence-electron chi connectivity index (χ1n) is 7.92. The zero-order valence-corrected chi connectivity index (χ0v) is 14.0. The van der Waals surface area contributed by atoms with Crippen molar-refractivity contribution in [3.63, 3.8) is 0 Å². The molecule has 5 nitrogen and oxygen atoms in total. The van der Waals surface area contributed by atoms with Crippen molar-refractivity contribution < 1.29 is 5.11 Å². The first kappa shape index (κ1) is 17.7. The minimum atomic E-state index is -0.338. The van der Waals surface area contributed by atoms with E-state index in [1.807, 2.05) is 6.07 Å². The summed E-state index contributed by atoms with van der Waals surface area (Å²) in [7, 11) is 0.